The first kappa shape index (κ1) is 24.7. The summed E-state index contributed by atoms with van der Waals surface area (Å²) in [4.78, 5) is 32.3. The highest BCUT2D eigenvalue weighted by Gasteiger charge is 2.56. The van der Waals surface area contributed by atoms with Crippen LogP contribution >= 0.6 is 27.3 Å². The van der Waals surface area contributed by atoms with Crippen molar-refractivity contribution in [1.29, 1.82) is 5.26 Å². The standard InChI is InChI=1S/C25H26BrN5O4S/c1-15-10-18(4-5-19(15)31-8-9-34-13-21(31)28-14-27)29-23(32)25(12-16-2-3-17(25)11-16)30-24(33)35-22-7-6-20(26)36-22/h4-7,10,16-17H,2-3,8-9,11-13H2,1H3,(H,29,32)(H,30,33). The molecular formula is C25H26BrN5O4S. The van der Waals surface area contributed by atoms with Crippen LogP contribution in [0.15, 0.2) is 39.1 Å². The average molecular weight is 572 g/mol. The van der Waals surface area contributed by atoms with Crippen LogP contribution in [0.4, 0.5) is 16.2 Å². The zero-order chi connectivity index (χ0) is 25.3. The number of benzene rings is 1. The van der Waals surface area contributed by atoms with Gasteiger partial charge in [-0.25, -0.2) is 4.79 Å². The van der Waals surface area contributed by atoms with E-state index < -0.39 is 11.6 Å². The molecule has 188 valence electrons. The van der Waals surface area contributed by atoms with Crippen molar-refractivity contribution in [2.75, 3.05) is 30.0 Å². The number of rotatable bonds is 5. The fraction of sp³-hybridized carbons (Fsp3) is 0.440. The SMILES string of the molecule is Cc1cc(NC(=O)C2(NC(=O)Oc3ccc(Br)s3)CC3CCC2C3)ccc1N1CCOCC1=NC#N. The Morgan fingerprint density at radius 1 is 1.33 bits per heavy atom. The Hall–Kier alpha value is -2.94. The lowest BCUT2D eigenvalue weighted by molar-refractivity contribution is -0.124. The highest BCUT2D eigenvalue weighted by molar-refractivity contribution is 9.11. The highest BCUT2D eigenvalue weighted by Crippen LogP contribution is 2.51. The highest BCUT2D eigenvalue weighted by atomic mass is 79.9. The van der Waals surface area contributed by atoms with Crippen LogP contribution in [0.1, 0.15) is 31.2 Å². The fourth-order valence-electron chi connectivity index (χ4n) is 5.68. The molecule has 2 heterocycles. The van der Waals surface area contributed by atoms with Gasteiger partial charge in [-0.1, -0.05) is 11.3 Å². The quantitative estimate of drug-likeness (QED) is 0.497. The number of amidine groups is 1. The Bertz CT molecular complexity index is 1260. The van der Waals surface area contributed by atoms with Crippen molar-refractivity contribution < 1.29 is 19.1 Å². The van der Waals surface area contributed by atoms with E-state index in [9.17, 15) is 9.59 Å². The minimum absolute atomic E-state index is 0.0728. The van der Waals surface area contributed by atoms with Crippen molar-refractivity contribution in [3.05, 3.63) is 39.7 Å². The normalized spacial score (nSPS) is 26.0. The maximum atomic E-state index is 13.7. The molecule has 2 N–H and O–H groups in total. The van der Waals surface area contributed by atoms with Gasteiger partial charge >= 0.3 is 6.09 Å². The van der Waals surface area contributed by atoms with Gasteiger partial charge in [-0.05, 0) is 96.3 Å². The lowest BCUT2D eigenvalue weighted by Crippen LogP contribution is -2.60. The minimum Gasteiger partial charge on any atom is -0.399 e. The summed E-state index contributed by atoms with van der Waals surface area (Å²) in [5.74, 6) is 0.832. The molecule has 3 aliphatic rings. The zero-order valence-electron chi connectivity index (χ0n) is 19.8. The number of ether oxygens (including phenoxy) is 2. The summed E-state index contributed by atoms with van der Waals surface area (Å²) in [7, 11) is 0. The molecule has 3 fully saturated rings. The summed E-state index contributed by atoms with van der Waals surface area (Å²) < 4.78 is 11.8. The van der Waals surface area contributed by atoms with Crippen molar-refractivity contribution in [2.24, 2.45) is 16.8 Å². The number of aryl methyl sites for hydroxylation is 1. The van der Waals surface area contributed by atoms with Crippen LogP contribution in [0.2, 0.25) is 0 Å². The van der Waals surface area contributed by atoms with Crippen LogP contribution in [-0.4, -0.2) is 43.1 Å². The molecule has 9 nitrogen and oxygen atoms in total. The van der Waals surface area contributed by atoms with Gasteiger partial charge in [0.05, 0.1) is 10.4 Å². The number of morpholine rings is 1. The Morgan fingerprint density at radius 2 is 2.19 bits per heavy atom. The maximum Gasteiger partial charge on any atom is 0.414 e. The summed E-state index contributed by atoms with van der Waals surface area (Å²) in [6.07, 6.45) is 4.73. The minimum atomic E-state index is -1.00. The Labute approximate surface area is 221 Å². The molecule has 3 atom stereocenters. The van der Waals surface area contributed by atoms with E-state index in [-0.39, 0.29) is 18.4 Å². The second kappa shape index (κ2) is 10.2. The van der Waals surface area contributed by atoms with Crippen LogP contribution < -0.4 is 20.3 Å². The number of nitriles is 1. The molecule has 1 aliphatic heterocycles. The monoisotopic (exact) mass is 571 g/mol. The number of fused-ring (bicyclic) bond motifs is 2. The number of anilines is 2. The third kappa shape index (κ3) is 4.85. The number of amides is 2. The molecule has 1 aromatic heterocycles. The van der Waals surface area contributed by atoms with Gasteiger partial charge < -0.3 is 25.0 Å². The van der Waals surface area contributed by atoms with Crippen LogP contribution in [0, 0.1) is 30.2 Å². The molecule has 3 unspecified atom stereocenters. The van der Waals surface area contributed by atoms with Crippen LogP contribution in [0.25, 0.3) is 0 Å². The number of carbonyl (C=O) groups is 2. The van der Waals surface area contributed by atoms with Crippen molar-refractivity contribution in [3.8, 4) is 11.3 Å². The number of nitrogens with zero attached hydrogens (tertiary/aromatic N) is 3. The number of hydrogen-bond donors (Lipinski definition) is 2. The van der Waals surface area contributed by atoms with Crippen LogP contribution in [-0.2, 0) is 9.53 Å². The van der Waals surface area contributed by atoms with E-state index in [1.807, 2.05) is 42.3 Å². The van der Waals surface area contributed by atoms with E-state index in [1.165, 1.54) is 11.3 Å². The van der Waals surface area contributed by atoms with E-state index in [0.717, 1.165) is 34.3 Å². The van der Waals surface area contributed by atoms with E-state index in [0.29, 0.717) is 42.1 Å². The summed E-state index contributed by atoms with van der Waals surface area (Å²) in [5, 5.41) is 15.5. The first-order chi connectivity index (χ1) is 17.4. The molecule has 1 saturated heterocycles. The number of carbonyl (C=O) groups excluding carboxylic acids is 2. The second-order valence-corrected chi connectivity index (χ2v) is 11.8. The molecule has 2 aromatic rings. The molecule has 5 rings (SSSR count). The van der Waals surface area contributed by atoms with Gasteiger partial charge in [0, 0.05) is 17.9 Å². The Kier molecular flexibility index (Phi) is 7.01. The predicted molar refractivity (Wildman–Crippen MR) is 140 cm³/mol. The number of aliphatic imine (C=N–C) groups is 1. The van der Waals surface area contributed by atoms with Gasteiger partial charge in [0.2, 0.25) is 6.19 Å². The smallest absolute Gasteiger partial charge is 0.399 e. The van der Waals surface area contributed by atoms with Gasteiger partial charge in [0.1, 0.15) is 18.0 Å². The molecular weight excluding hydrogens is 546 g/mol. The molecule has 2 bridgehead atoms. The van der Waals surface area contributed by atoms with Gasteiger partial charge in [-0.3, -0.25) is 4.79 Å². The van der Waals surface area contributed by atoms with Gasteiger partial charge in [-0.15, -0.1) is 0 Å². The third-order valence-corrected chi connectivity index (χ3v) is 8.75. The number of nitrogens with one attached hydrogen (secondary N) is 2. The van der Waals surface area contributed by atoms with Gasteiger partial charge in [0.15, 0.2) is 5.06 Å². The van der Waals surface area contributed by atoms with Crippen LogP contribution in [0.3, 0.4) is 0 Å². The van der Waals surface area contributed by atoms with Crippen molar-refractivity contribution in [1.82, 2.24) is 5.32 Å². The van der Waals surface area contributed by atoms with E-state index >= 15 is 0 Å². The molecule has 2 amide bonds. The topological polar surface area (TPSA) is 116 Å². The number of halogens is 1. The average Bonchev–Trinajstić information content (AvgIpc) is 3.57. The first-order valence-electron chi connectivity index (χ1n) is 11.9. The van der Waals surface area contributed by atoms with Gasteiger partial charge in [0.25, 0.3) is 5.91 Å². The molecule has 2 aliphatic carbocycles. The summed E-state index contributed by atoms with van der Waals surface area (Å²) in [5.41, 5.74) is 1.48. The molecule has 1 aromatic carbocycles. The summed E-state index contributed by atoms with van der Waals surface area (Å²) >= 11 is 4.68. The molecule has 36 heavy (non-hydrogen) atoms. The van der Waals surface area contributed by atoms with E-state index in [1.54, 1.807) is 6.07 Å². The summed E-state index contributed by atoms with van der Waals surface area (Å²) in [6, 6.07) is 9.17. The largest absolute Gasteiger partial charge is 0.414 e. The zero-order valence-corrected chi connectivity index (χ0v) is 22.2. The number of hydrogen-bond acceptors (Lipinski definition) is 7. The van der Waals surface area contributed by atoms with Crippen molar-refractivity contribution in [3.63, 3.8) is 0 Å². The fourth-order valence-corrected chi connectivity index (χ4v) is 6.88. The van der Waals surface area contributed by atoms with E-state index in [2.05, 4.69) is 31.6 Å². The third-order valence-electron chi connectivity index (χ3n) is 7.25. The molecule has 11 heteroatoms. The molecule has 2 saturated carbocycles. The Morgan fingerprint density at radius 3 is 2.86 bits per heavy atom. The molecule has 0 spiro atoms. The lowest BCUT2D eigenvalue weighted by Gasteiger charge is -2.36. The van der Waals surface area contributed by atoms with Crippen molar-refractivity contribution in [2.45, 2.75) is 38.1 Å². The Balaban J connectivity index is 1.33. The van der Waals surface area contributed by atoms with Gasteiger partial charge in [-0.2, -0.15) is 10.3 Å². The summed E-state index contributed by atoms with van der Waals surface area (Å²) in [6.45, 7) is 3.36. The lowest BCUT2D eigenvalue weighted by atomic mass is 9.80. The predicted octanol–water partition coefficient (Wildman–Crippen LogP) is 4.82. The number of thiophene rings is 1. The first-order valence-corrected chi connectivity index (χ1v) is 13.5. The van der Waals surface area contributed by atoms with Crippen molar-refractivity contribution >= 4 is 56.5 Å². The molecule has 0 radical (unpaired) electrons. The van der Waals surface area contributed by atoms with E-state index in [4.69, 9.17) is 14.7 Å². The second-order valence-electron chi connectivity index (χ2n) is 9.41. The van der Waals surface area contributed by atoms with Crippen LogP contribution in [0.5, 0.6) is 5.06 Å². The maximum absolute atomic E-state index is 13.7.